The molecule has 0 radical (unpaired) electrons. The molecular weight excluding hydrogens is 250 g/mol. The van der Waals surface area contributed by atoms with Crippen molar-refractivity contribution >= 4 is 0 Å². The minimum atomic E-state index is -0.00481. The zero-order valence-corrected chi connectivity index (χ0v) is 13.6. The molecule has 1 heterocycles. The predicted molar refractivity (Wildman–Crippen MR) is 83.0 cm³/mol. The molecule has 1 aliphatic heterocycles. The summed E-state index contributed by atoms with van der Waals surface area (Å²) in [6.07, 6.45) is 8.76. The van der Waals surface area contributed by atoms with E-state index in [1.165, 1.54) is 32.1 Å². The Hall–Kier alpha value is -0.120. The maximum Gasteiger partial charge on any atom is 0.0877 e. The highest BCUT2D eigenvalue weighted by atomic mass is 16.5. The van der Waals surface area contributed by atoms with E-state index < -0.39 is 0 Å². The van der Waals surface area contributed by atoms with E-state index in [4.69, 9.17) is 9.47 Å². The van der Waals surface area contributed by atoms with E-state index in [0.29, 0.717) is 6.04 Å². The summed E-state index contributed by atoms with van der Waals surface area (Å²) in [5, 5.41) is 3.84. The van der Waals surface area contributed by atoms with Crippen LogP contribution >= 0.6 is 0 Å². The number of ether oxygens (including phenoxy) is 2. The molecule has 1 saturated carbocycles. The number of methoxy groups -OCH3 is 1. The summed E-state index contributed by atoms with van der Waals surface area (Å²) in [5.74, 6) is 1.64. The van der Waals surface area contributed by atoms with E-state index in [9.17, 15) is 0 Å². The zero-order chi connectivity index (χ0) is 14.4. The van der Waals surface area contributed by atoms with Gasteiger partial charge in [0.15, 0.2) is 0 Å². The predicted octanol–water partition coefficient (Wildman–Crippen LogP) is 3.38. The first-order valence-corrected chi connectivity index (χ1v) is 8.58. The Kier molecular flexibility index (Phi) is 6.31. The summed E-state index contributed by atoms with van der Waals surface area (Å²) in [6.45, 7) is 7.45. The van der Waals surface area contributed by atoms with Crippen LogP contribution in [-0.2, 0) is 9.47 Å². The molecule has 0 aromatic heterocycles. The van der Waals surface area contributed by atoms with Crippen molar-refractivity contribution in [3.8, 4) is 0 Å². The minimum absolute atomic E-state index is 0.00481. The summed E-state index contributed by atoms with van der Waals surface area (Å²) < 4.78 is 11.7. The maximum atomic E-state index is 6.08. The molecule has 3 heteroatoms. The van der Waals surface area contributed by atoms with E-state index in [-0.39, 0.29) is 5.60 Å². The van der Waals surface area contributed by atoms with Gasteiger partial charge < -0.3 is 14.8 Å². The van der Waals surface area contributed by atoms with Crippen molar-refractivity contribution in [2.45, 2.75) is 70.4 Å². The van der Waals surface area contributed by atoms with Gasteiger partial charge in [0.25, 0.3) is 0 Å². The van der Waals surface area contributed by atoms with Crippen LogP contribution in [0.3, 0.4) is 0 Å². The fourth-order valence-corrected chi connectivity index (χ4v) is 4.22. The molecule has 118 valence electrons. The van der Waals surface area contributed by atoms with E-state index >= 15 is 0 Å². The molecule has 20 heavy (non-hydrogen) atoms. The van der Waals surface area contributed by atoms with Gasteiger partial charge in [-0.3, -0.25) is 0 Å². The normalized spacial score (nSPS) is 31.9. The van der Waals surface area contributed by atoms with Gasteiger partial charge in [-0.15, -0.1) is 0 Å². The summed E-state index contributed by atoms with van der Waals surface area (Å²) in [6, 6.07) is 0.499. The van der Waals surface area contributed by atoms with E-state index in [2.05, 4.69) is 19.2 Å². The lowest BCUT2D eigenvalue weighted by Gasteiger charge is -2.47. The lowest BCUT2D eigenvalue weighted by atomic mass is 9.71. The van der Waals surface area contributed by atoms with Crippen LogP contribution in [0.4, 0.5) is 0 Å². The molecule has 1 N–H and O–H groups in total. The van der Waals surface area contributed by atoms with Crippen molar-refractivity contribution in [3.05, 3.63) is 0 Å². The van der Waals surface area contributed by atoms with Gasteiger partial charge in [0, 0.05) is 39.2 Å². The van der Waals surface area contributed by atoms with Gasteiger partial charge in [0.05, 0.1) is 5.60 Å². The van der Waals surface area contributed by atoms with Crippen LogP contribution in [0.5, 0.6) is 0 Å². The summed E-state index contributed by atoms with van der Waals surface area (Å²) >= 11 is 0. The quantitative estimate of drug-likeness (QED) is 0.810. The van der Waals surface area contributed by atoms with Crippen molar-refractivity contribution < 1.29 is 9.47 Å². The third kappa shape index (κ3) is 3.75. The first kappa shape index (κ1) is 16.3. The Bertz CT molecular complexity index is 276. The van der Waals surface area contributed by atoms with Crippen LogP contribution in [0, 0.1) is 11.8 Å². The molecule has 1 saturated heterocycles. The molecular formula is C17H33NO2. The number of hydrogen-bond donors (Lipinski definition) is 1. The highest BCUT2D eigenvalue weighted by molar-refractivity contribution is 4.99. The van der Waals surface area contributed by atoms with E-state index in [1.54, 1.807) is 0 Å². The summed E-state index contributed by atoms with van der Waals surface area (Å²) in [7, 11) is 1.90. The van der Waals surface area contributed by atoms with Crippen molar-refractivity contribution in [1.82, 2.24) is 5.32 Å². The van der Waals surface area contributed by atoms with Crippen LogP contribution in [-0.4, -0.2) is 38.5 Å². The molecule has 0 spiro atoms. The number of nitrogens with one attached hydrogen (secondary N) is 1. The van der Waals surface area contributed by atoms with Crippen LogP contribution in [0.2, 0.25) is 0 Å². The molecule has 3 atom stereocenters. The first-order valence-electron chi connectivity index (χ1n) is 8.58. The van der Waals surface area contributed by atoms with Crippen molar-refractivity contribution in [1.29, 1.82) is 0 Å². The van der Waals surface area contributed by atoms with E-state index in [1.807, 2.05) is 7.11 Å². The molecule has 0 aromatic carbocycles. The fourth-order valence-electron chi connectivity index (χ4n) is 4.22. The summed E-state index contributed by atoms with van der Waals surface area (Å²) in [4.78, 5) is 0. The Morgan fingerprint density at radius 3 is 2.65 bits per heavy atom. The SMILES string of the molecule is CCCNC(C1CCCC(C)C1)C1(OC)CCOCC1. The molecule has 1 aliphatic carbocycles. The smallest absolute Gasteiger partial charge is 0.0877 e. The topological polar surface area (TPSA) is 30.5 Å². The largest absolute Gasteiger partial charge is 0.381 e. The minimum Gasteiger partial charge on any atom is -0.381 e. The molecule has 2 fully saturated rings. The molecule has 3 unspecified atom stereocenters. The number of hydrogen-bond acceptors (Lipinski definition) is 3. The van der Waals surface area contributed by atoms with Crippen molar-refractivity contribution in [2.24, 2.45) is 11.8 Å². The van der Waals surface area contributed by atoms with Gasteiger partial charge in [-0.05, 0) is 37.6 Å². The zero-order valence-electron chi connectivity index (χ0n) is 13.6. The maximum absolute atomic E-state index is 6.08. The second-order valence-corrected chi connectivity index (χ2v) is 6.84. The second kappa shape index (κ2) is 7.77. The molecule has 2 aliphatic rings. The summed E-state index contributed by atoms with van der Waals surface area (Å²) in [5.41, 5.74) is -0.00481. The van der Waals surface area contributed by atoms with E-state index in [0.717, 1.165) is 44.4 Å². The number of rotatable bonds is 6. The van der Waals surface area contributed by atoms with Crippen molar-refractivity contribution in [2.75, 3.05) is 26.9 Å². The second-order valence-electron chi connectivity index (χ2n) is 6.84. The third-order valence-electron chi connectivity index (χ3n) is 5.38. The first-order chi connectivity index (χ1) is 9.72. The van der Waals surface area contributed by atoms with Gasteiger partial charge in [-0.1, -0.05) is 26.7 Å². The van der Waals surface area contributed by atoms with Gasteiger partial charge >= 0.3 is 0 Å². The van der Waals surface area contributed by atoms with Gasteiger partial charge in [0.2, 0.25) is 0 Å². The average Bonchev–Trinajstić information content (AvgIpc) is 2.48. The average molecular weight is 283 g/mol. The highest BCUT2D eigenvalue weighted by Gasteiger charge is 2.44. The van der Waals surface area contributed by atoms with Crippen LogP contribution in [0.15, 0.2) is 0 Å². The van der Waals surface area contributed by atoms with Crippen LogP contribution < -0.4 is 5.32 Å². The van der Waals surface area contributed by atoms with Gasteiger partial charge in [-0.2, -0.15) is 0 Å². The Morgan fingerprint density at radius 2 is 2.05 bits per heavy atom. The lowest BCUT2D eigenvalue weighted by molar-refractivity contribution is -0.124. The van der Waals surface area contributed by atoms with Gasteiger partial charge in [-0.25, -0.2) is 0 Å². The Balaban J connectivity index is 2.11. The third-order valence-corrected chi connectivity index (χ3v) is 5.38. The van der Waals surface area contributed by atoms with Crippen LogP contribution in [0.25, 0.3) is 0 Å². The standard InChI is InChI=1S/C17H33NO2/c1-4-10-18-16(15-7-5-6-14(2)13-15)17(19-3)8-11-20-12-9-17/h14-16,18H,4-13H2,1-3H3. The fraction of sp³-hybridized carbons (Fsp3) is 1.00. The van der Waals surface area contributed by atoms with Crippen molar-refractivity contribution in [3.63, 3.8) is 0 Å². The molecule has 2 rings (SSSR count). The molecule has 3 nitrogen and oxygen atoms in total. The Labute approximate surface area is 124 Å². The molecule has 0 aromatic rings. The molecule has 0 amide bonds. The Morgan fingerprint density at radius 1 is 1.30 bits per heavy atom. The van der Waals surface area contributed by atoms with Gasteiger partial charge in [0.1, 0.15) is 0 Å². The lowest BCUT2D eigenvalue weighted by Crippen LogP contribution is -2.59. The monoisotopic (exact) mass is 283 g/mol. The van der Waals surface area contributed by atoms with Crippen LogP contribution in [0.1, 0.15) is 58.8 Å². The molecule has 0 bridgehead atoms. The highest BCUT2D eigenvalue weighted by Crippen LogP contribution is 2.39.